The van der Waals surface area contributed by atoms with Crippen LogP contribution in [0.4, 0.5) is 0 Å². The Morgan fingerprint density at radius 2 is 1.10 bits per heavy atom. The van der Waals surface area contributed by atoms with Crippen molar-refractivity contribution in [3.63, 3.8) is 0 Å². The van der Waals surface area contributed by atoms with E-state index in [-0.39, 0.29) is 5.41 Å². The molecule has 0 saturated heterocycles. The van der Waals surface area contributed by atoms with Crippen LogP contribution in [0, 0.1) is 0 Å². The molecule has 0 aromatic heterocycles. The van der Waals surface area contributed by atoms with E-state index in [1.807, 2.05) is 0 Å². The van der Waals surface area contributed by atoms with Crippen molar-refractivity contribution in [2.75, 3.05) is 0 Å². The molecule has 0 unspecified atom stereocenters. The molecule has 0 saturated carbocycles. The van der Waals surface area contributed by atoms with Crippen LogP contribution in [-0.4, -0.2) is 0 Å². The summed E-state index contributed by atoms with van der Waals surface area (Å²) < 4.78 is 0. The van der Waals surface area contributed by atoms with Crippen LogP contribution in [0.1, 0.15) is 25.0 Å². The first-order chi connectivity index (χ1) is 14.2. The van der Waals surface area contributed by atoms with E-state index in [4.69, 9.17) is 0 Å². The van der Waals surface area contributed by atoms with E-state index >= 15 is 0 Å². The molecule has 0 radical (unpaired) electrons. The normalized spacial score (nSPS) is 14.1. The predicted molar refractivity (Wildman–Crippen MR) is 124 cm³/mol. The molecule has 0 heterocycles. The topological polar surface area (TPSA) is 0 Å². The van der Waals surface area contributed by atoms with Gasteiger partial charge >= 0.3 is 0 Å². The van der Waals surface area contributed by atoms with Crippen molar-refractivity contribution in [1.82, 2.24) is 0 Å². The highest BCUT2D eigenvalue weighted by Gasteiger charge is 2.36. The van der Waals surface area contributed by atoms with Crippen molar-refractivity contribution in [1.29, 1.82) is 0 Å². The number of hydrogen-bond acceptors (Lipinski definition) is 0. The number of benzene rings is 5. The highest BCUT2D eigenvalue weighted by molar-refractivity contribution is 6.12. The second-order valence-electron chi connectivity index (χ2n) is 8.59. The smallest absolute Gasteiger partial charge is 0.0159 e. The Morgan fingerprint density at radius 3 is 1.97 bits per heavy atom. The zero-order valence-electron chi connectivity index (χ0n) is 16.7. The molecular weight excluding hydrogens is 348 g/mol. The van der Waals surface area contributed by atoms with Crippen LogP contribution in [0.3, 0.4) is 0 Å². The van der Waals surface area contributed by atoms with E-state index in [1.54, 1.807) is 0 Å². The monoisotopic (exact) mass is 370 g/mol. The first-order valence-corrected chi connectivity index (χ1v) is 10.3. The zero-order chi connectivity index (χ0) is 19.6. The fourth-order valence-corrected chi connectivity index (χ4v) is 5.23. The molecule has 0 atom stereocenters. The molecule has 0 amide bonds. The van der Waals surface area contributed by atoms with Gasteiger partial charge in [0.1, 0.15) is 0 Å². The highest BCUT2D eigenvalue weighted by atomic mass is 14.4. The van der Waals surface area contributed by atoms with Crippen LogP contribution in [0.2, 0.25) is 0 Å². The maximum Gasteiger partial charge on any atom is 0.0159 e. The molecule has 138 valence electrons. The zero-order valence-corrected chi connectivity index (χ0v) is 16.7. The molecule has 0 N–H and O–H groups in total. The second-order valence-corrected chi connectivity index (χ2v) is 8.59. The van der Waals surface area contributed by atoms with Gasteiger partial charge in [-0.3, -0.25) is 0 Å². The van der Waals surface area contributed by atoms with Crippen LogP contribution in [0.15, 0.2) is 97.1 Å². The summed E-state index contributed by atoms with van der Waals surface area (Å²) in [5.41, 5.74) is 8.29. The molecule has 6 rings (SSSR count). The molecular formula is C29H22. The molecule has 0 spiro atoms. The molecule has 0 aliphatic heterocycles. The lowest BCUT2D eigenvalue weighted by Crippen LogP contribution is -2.15. The largest absolute Gasteiger partial charge is 0.0619 e. The number of hydrogen-bond donors (Lipinski definition) is 0. The Hall–Kier alpha value is -3.38. The summed E-state index contributed by atoms with van der Waals surface area (Å²) in [6.07, 6.45) is 0. The van der Waals surface area contributed by atoms with Crippen LogP contribution < -0.4 is 0 Å². The van der Waals surface area contributed by atoms with Crippen LogP contribution >= 0.6 is 0 Å². The van der Waals surface area contributed by atoms with Gasteiger partial charge in [0.25, 0.3) is 0 Å². The van der Waals surface area contributed by atoms with E-state index < -0.39 is 0 Å². The molecule has 5 aromatic rings. The van der Waals surface area contributed by atoms with Gasteiger partial charge in [0.2, 0.25) is 0 Å². The van der Waals surface area contributed by atoms with Crippen molar-refractivity contribution in [2.24, 2.45) is 0 Å². The van der Waals surface area contributed by atoms with Gasteiger partial charge in [-0.25, -0.2) is 0 Å². The highest BCUT2D eigenvalue weighted by Crippen LogP contribution is 2.53. The molecule has 0 bridgehead atoms. The lowest BCUT2D eigenvalue weighted by Gasteiger charge is -2.23. The molecule has 0 fully saturated rings. The summed E-state index contributed by atoms with van der Waals surface area (Å²) in [7, 11) is 0. The molecule has 29 heavy (non-hydrogen) atoms. The van der Waals surface area contributed by atoms with E-state index in [9.17, 15) is 0 Å². The van der Waals surface area contributed by atoms with Gasteiger partial charge in [-0.05, 0) is 61.0 Å². The van der Waals surface area contributed by atoms with Gasteiger partial charge in [0.05, 0.1) is 0 Å². The third kappa shape index (κ3) is 2.20. The Morgan fingerprint density at radius 1 is 0.483 bits per heavy atom. The van der Waals surface area contributed by atoms with Gasteiger partial charge in [0.15, 0.2) is 0 Å². The minimum absolute atomic E-state index is 0.00467. The summed E-state index contributed by atoms with van der Waals surface area (Å²) >= 11 is 0. The first kappa shape index (κ1) is 16.6. The second kappa shape index (κ2) is 5.81. The van der Waals surface area contributed by atoms with Gasteiger partial charge in [0, 0.05) is 5.41 Å². The summed E-state index contributed by atoms with van der Waals surface area (Å²) in [5, 5.41) is 5.28. The lowest BCUT2D eigenvalue weighted by molar-refractivity contribution is 0.661. The predicted octanol–water partition coefficient (Wildman–Crippen LogP) is 7.97. The van der Waals surface area contributed by atoms with E-state index in [0.717, 1.165) is 0 Å². The lowest BCUT2D eigenvalue weighted by atomic mass is 9.80. The average Bonchev–Trinajstić information content (AvgIpc) is 3.00. The van der Waals surface area contributed by atoms with Crippen molar-refractivity contribution < 1.29 is 0 Å². The van der Waals surface area contributed by atoms with Gasteiger partial charge < -0.3 is 0 Å². The fraction of sp³-hybridized carbons (Fsp3) is 0.103. The summed E-state index contributed by atoms with van der Waals surface area (Å²) in [4.78, 5) is 0. The third-order valence-electron chi connectivity index (χ3n) is 6.67. The van der Waals surface area contributed by atoms with E-state index in [1.165, 1.54) is 54.9 Å². The van der Waals surface area contributed by atoms with Crippen molar-refractivity contribution in [3.05, 3.63) is 108 Å². The molecule has 0 heteroatoms. The van der Waals surface area contributed by atoms with Crippen molar-refractivity contribution in [2.45, 2.75) is 19.3 Å². The Balaban J connectivity index is 1.78. The first-order valence-electron chi connectivity index (χ1n) is 10.3. The van der Waals surface area contributed by atoms with Crippen LogP contribution in [0.5, 0.6) is 0 Å². The molecule has 5 aromatic carbocycles. The third-order valence-corrected chi connectivity index (χ3v) is 6.67. The standard InChI is InChI=1S/C29H22/c1-29(2)26-17-8-7-15-24(26)28-23-14-6-5-13-22(23)25(18-27(28)29)21-16-9-11-19-10-3-4-12-20(19)21/h3-18H,1-2H3. The minimum atomic E-state index is -0.00467. The fourth-order valence-electron chi connectivity index (χ4n) is 5.23. The van der Waals surface area contributed by atoms with Crippen molar-refractivity contribution in [3.8, 4) is 22.3 Å². The summed E-state index contributed by atoms with van der Waals surface area (Å²) in [6, 6.07) is 35.6. The Bertz CT molecular complexity index is 1410. The van der Waals surface area contributed by atoms with Crippen LogP contribution in [0.25, 0.3) is 43.8 Å². The molecule has 0 nitrogen and oxygen atoms in total. The maximum absolute atomic E-state index is 2.46. The van der Waals surface area contributed by atoms with Crippen LogP contribution in [-0.2, 0) is 5.41 Å². The molecule has 1 aliphatic rings. The minimum Gasteiger partial charge on any atom is -0.0619 e. The Labute approximate surface area is 171 Å². The van der Waals surface area contributed by atoms with Crippen molar-refractivity contribution >= 4 is 21.5 Å². The molecule has 1 aliphatic carbocycles. The van der Waals surface area contributed by atoms with E-state index in [0.29, 0.717) is 0 Å². The van der Waals surface area contributed by atoms with Gasteiger partial charge in [-0.15, -0.1) is 0 Å². The number of fused-ring (bicyclic) bond motifs is 6. The number of rotatable bonds is 1. The maximum atomic E-state index is 2.46. The summed E-state index contributed by atoms with van der Waals surface area (Å²) in [5.74, 6) is 0. The SMILES string of the molecule is CC1(C)c2ccccc2-c2c1cc(-c1cccc3ccccc13)c1ccccc21. The van der Waals surface area contributed by atoms with E-state index in [2.05, 4.69) is 111 Å². The Kier molecular flexibility index (Phi) is 3.32. The average molecular weight is 370 g/mol. The van der Waals surface area contributed by atoms with Gasteiger partial charge in [-0.1, -0.05) is 105 Å². The van der Waals surface area contributed by atoms with Gasteiger partial charge in [-0.2, -0.15) is 0 Å². The quantitative estimate of drug-likeness (QED) is 0.281. The summed E-state index contributed by atoms with van der Waals surface area (Å²) in [6.45, 7) is 4.72.